The molecule has 2 N–H and O–H groups in total. The SMILES string of the molecule is CN1CCC(C2CCN(C(=O)[C@@](C)(NC(=O)c3ccc4c(Cl)c[nH]c4c3)N3CCOCC3)CC2)CC1. The van der Waals surface area contributed by atoms with Crippen LogP contribution in [0.1, 0.15) is 43.0 Å². The molecule has 0 unspecified atom stereocenters. The lowest BCUT2D eigenvalue weighted by Crippen LogP contribution is -2.69. The normalized spacial score (nSPS) is 23.0. The molecular weight excluding hydrogens is 478 g/mol. The first-order chi connectivity index (χ1) is 17.3. The fourth-order valence-corrected chi connectivity index (χ4v) is 6.40. The molecule has 2 amide bonds. The number of amides is 2. The third-order valence-electron chi connectivity index (χ3n) is 8.57. The van der Waals surface area contributed by atoms with Crippen LogP contribution in [0.4, 0.5) is 0 Å². The highest BCUT2D eigenvalue weighted by Gasteiger charge is 2.45. The molecule has 0 radical (unpaired) electrons. The lowest BCUT2D eigenvalue weighted by molar-refractivity contribution is -0.150. The Balaban J connectivity index is 1.30. The van der Waals surface area contributed by atoms with Gasteiger partial charge in [-0.3, -0.25) is 14.5 Å². The highest BCUT2D eigenvalue weighted by atomic mass is 35.5. The second kappa shape index (κ2) is 10.7. The summed E-state index contributed by atoms with van der Waals surface area (Å²) in [5, 5.41) is 4.60. The van der Waals surface area contributed by atoms with Gasteiger partial charge in [-0.05, 0) is 76.7 Å². The summed E-state index contributed by atoms with van der Waals surface area (Å²) < 4.78 is 5.55. The monoisotopic (exact) mass is 515 g/mol. The number of hydrogen-bond donors (Lipinski definition) is 2. The molecule has 0 saturated carbocycles. The number of aromatic amines is 1. The van der Waals surface area contributed by atoms with Gasteiger partial charge >= 0.3 is 0 Å². The van der Waals surface area contributed by atoms with Crippen LogP contribution in [0.3, 0.4) is 0 Å². The molecule has 3 fully saturated rings. The molecule has 0 aliphatic carbocycles. The molecule has 9 heteroatoms. The van der Waals surface area contributed by atoms with Crippen molar-refractivity contribution in [1.82, 2.24) is 25.0 Å². The Bertz CT molecular complexity index is 1080. The predicted molar refractivity (Wildman–Crippen MR) is 141 cm³/mol. The van der Waals surface area contributed by atoms with Crippen LogP contribution < -0.4 is 5.32 Å². The van der Waals surface area contributed by atoms with Gasteiger partial charge in [-0.2, -0.15) is 0 Å². The standard InChI is InChI=1S/C27H38ClN5O3/c1-27(33-13-15-36-16-14-33,30-25(34)21-3-4-22-23(28)18-29-24(22)17-21)26(35)32-11-7-20(8-12-32)19-5-9-31(2)10-6-19/h3-4,17-20,29H,5-16H2,1-2H3,(H,30,34)/t27-/m0/s1. The third-order valence-corrected chi connectivity index (χ3v) is 8.88. The summed E-state index contributed by atoms with van der Waals surface area (Å²) in [5.74, 6) is 1.15. The Hall–Kier alpha value is -2.13. The molecule has 196 valence electrons. The Morgan fingerprint density at radius 3 is 2.33 bits per heavy atom. The zero-order chi connectivity index (χ0) is 25.3. The number of likely N-dealkylation sites (tertiary alicyclic amines) is 2. The van der Waals surface area contributed by atoms with E-state index in [0.717, 1.165) is 42.8 Å². The van der Waals surface area contributed by atoms with Crippen molar-refractivity contribution in [2.45, 2.75) is 38.3 Å². The van der Waals surface area contributed by atoms with Crippen LogP contribution in [0.15, 0.2) is 24.4 Å². The minimum Gasteiger partial charge on any atom is -0.379 e. The van der Waals surface area contributed by atoms with Gasteiger partial charge in [0.25, 0.3) is 11.8 Å². The van der Waals surface area contributed by atoms with Gasteiger partial charge in [-0.1, -0.05) is 17.7 Å². The maximum absolute atomic E-state index is 14.0. The summed E-state index contributed by atoms with van der Waals surface area (Å²) >= 11 is 6.20. The lowest BCUT2D eigenvalue weighted by Gasteiger charge is -2.46. The smallest absolute Gasteiger partial charge is 0.263 e. The minimum absolute atomic E-state index is 0.0245. The quantitative estimate of drug-likeness (QED) is 0.639. The summed E-state index contributed by atoms with van der Waals surface area (Å²) in [6.45, 7) is 7.98. The van der Waals surface area contributed by atoms with E-state index >= 15 is 0 Å². The molecule has 3 saturated heterocycles. The fourth-order valence-electron chi connectivity index (χ4n) is 6.19. The maximum Gasteiger partial charge on any atom is 0.263 e. The van der Waals surface area contributed by atoms with E-state index in [-0.39, 0.29) is 11.8 Å². The van der Waals surface area contributed by atoms with Gasteiger partial charge in [-0.25, -0.2) is 0 Å². The highest BCUT2D eigenvalue weighted by Crippen LogP contribution is 2.33. The van der Waals surface area contributed by atoms with Gasteiger partial charge in [-0.15, -0.1) is 0 Å². The molecule has 1 atom stereocenters. The van der Waals surface area contributed by atoms with E-state index in [1.54, 1.807) is 18.3 Å². The molecule has 1 aromatic carbocycles. The van der Waals surface area contributed by atoms with Crippen molar-refractivity contribution >= 4 is 34.3 Å². The molecule has 8 nitrogen and oxygen atoms in total. The largest absolute Gasteiger partial charge is 0.379 e. The summed E-state index contributed by atoms with van der Waals surface area (Å²) in [4.78, 5) is 37.0. The maximum atomic E-state index is 14.0. The number of aromatic nitrogens is 1. The van der Waals surface area contributed by atoms with E-state index in [1.165, 1.54) is 25.9 Å². The first-order valence-electron chi connectivity index (χ1n) is 13.2. The molecule has 3 aliphatic rings. The van der Waals surface area contributed by atoms with E-state index < -0.39 is 5.66 Å². The Kier molecular flexibility index (Phi) is 7.58. The van der Waals surface area contributed by atoms with Crippen molar-refractivity contribution in [2.75, 3.05) is 59.5 Å². The van der Waals surface area contributed by atoms with Crippen LogP contribution in [-0.4, -0.2) is 96.7 Å². The van der Waals surface area contributed by atoms with E-state index in [4.69, 9.17) is 16.3 Å². The van der Waals surface area contributed by atoms with E-state index in [1.807, 2.05) is 17.9 Å². The number of carbonyl (C=O) groups excluding carboxylic acids is 2. The van der Waals surface area contributed by atoms with Crippen molar-refractivity contribution in [3.05, 3.63) is 35.0 Å². The van der Waals surface area contributed by atoms with Crippen molar-refractivity contribution in [2.24, 2.45) is 11.8 Å². The molecule has 36 heavy (non-hydrogen) atoms. The molecule has 0 spiro atoms. The second-order valence-electron chi connectivity index (χ2n) is 10.8. The number of hydrogen-bond acceptors (Lipinski definition) is 5. The molecule has 2 aromatic rings. The number of halogens is 1. The summed E-state index contributed by atoms with van der Waals surface area (Å²) in [7, 11) is 2.20. The van der Waals surface area contributed by atoms with Crippen molar-refractivity contribution in [1.29, 1.82) is 0 Å². The van der Waals surface area contributed by atoms with Crippen LogP contribution >= 0.6 is 11.6 Å². The topological polar surface area (TPSA) is 80.9 Å². The number of nitrogens with zero attached hydrogens (tertiary/aromatic N) is 3. The first-order valence-corrected chi connectivity index (χ1v) is 13.6. The number of morpholine rings is 1. The number of benzene rings is 1. The van der Waals surface area contributed by atoms with Crippen molar-refractivity contribution < 1.29 is 14.3 Å². The number of H-pyrrole nitrogens is 1. The summed E-state index contributed by atoms with van der Waals surface area (Å²) in [5.41, 5.74) is 0.154. The average molecular weight is 516 g/mol. The average Bonchev–Trinajstić information content (AvgIpc) is 3.29. The van der Waals surface area contributed by atoms with E-state index in [9.17, 15) is 9.59 Å². The van der Waals surface area contributed by atoms with Crippen molar-refractivity contribution in [3.63, 3.8) is 0 Å². The van der Waals surface area contributed by atoms with Crippen LogP contribution in [-0.2, 0) is 9.53 Å². The second-order valence-corrected chi connectivity index (χ2v) is 11.2. The van der Waals surface area contributed by atoms with E-state index in [2.05, 4.69) is 27.1 Å². The van der Waals surface area contributed by atoms with Crippen LogP contribution in [0, 0.1) is 11.8 Å². The van der Waals surface area contributed by atoms with Gasteiger partial charge in [0.1, 0.15) is 0 Å². The Morgan fingerprint density at radius 2 is 1.67 bits per heavy atom. The Morgan fingerprint density at radius 1 is 1.03 bits per heavy atom. The fraction of sp³-hybridized carbons (Fsp3) is 0.630. The molecule has 0 bridgehead atoms. The Labute approximate surface area is 218 Å². The summed E-state index contributed by atoms with van der Waals surface area (Å²) in [6, 6.07) is 5.38. The van der Waals surface area contributed by atoms with Crippen molar-refractivity contribution in [3.8, 4) is 0 Å². The van der Waals surface area contributed by atoms with E-state index in [0.29, 0.717) is 42.8 Å². The highest BCUT2D eigenvalue weighted by molar-refractivity contribution is 6.35. The number of carbonyl (C=O) groups is 2. The number of fused-ring (bicyclic) bond motifs is 1. The number of piperidine rings is 2. The molecule has 3 aliphatic heterocycles. The van der Waals surface area contributed by atoms with Crippen LogP contribution in [0.25, 0.3) is 10.9 Å². The number of ether oxygens (including phenoxy) is 1. The molecular formula is C27H38ClN5O3. The zero-order valence-electron chi connectivity index (χ0n) is 21.4. The first kappa shape index (κ1) is 25.5. The minimum atomic E-state index is -1.14. The van der Waals surface area contributed by atoms with Gasteiger partial charge < -0.3 is 24.8 Å². The third kappa shape index (κ3) is 5.14. The predicted octanol–water partition coefficient (Wildman–Crippen LogP) is 3.18. The summed E-state index contributed by atoms with van der Waals surface area (Å²) in [6.07, 6.45) is 6.31. The number of rotatable bonds is 5. The lowest BCUT2D eigenvalue weighted by atomic mass is 9.78. The molecule has 5 rings (SSSR count). The van der Waals surface area contributed by atoms with Crippen LogP contribution in [0.5, 0.6) is 0 Å². The zero-order valence-corrected chi connectivity index (χ0v) is 22.1. The number of nitrogens with one attached hydrogen (secondary N) is 2. The van der Waals surface area contributed by atoms with Gasteiger partial charge in [0.15, 0.2) is 5.66 Å². The van der Waals surface area contributed by atoms with Crippen LogP contribution in [0.2, 0.25) is 5.02 Å². The molecule has 1 aromatic heterocycles. The van der Waals surface area contributed by atoms with Gasteiger partial charge in [0.2, 0.25) is 0 Å². The molecule has 4 heterocycles. The van der Waals surface area contributed by atoms with Gasteiger partial charge in [0.05, 0.1) is 18.2 Å². The van der Waals surface area contributed by atoms with Gasteiger partial charge in [0, 0.05) is 48.8 Å².